The largest absolute Gasteiger partial charge is 0.346 e. The Morgan fingerprint density at radius 2 is 2.26 bits per heavy atom. The van der Waals surface area contributed by atoms with Crippen LogP contribution in [-0.2, 0) is 7.05 Å². The first-order chi connectivity index (χ1) is 13.0. The maximum absolute atomic E-state index is 12.5. The Hall–Kier alpha value is -2.06. The second-order valence-corrected chi connectivity index (χ2v) is 8.71. The van der Waals surface area contributed by atoms with Gasteiger partial charge in [-0.15, -0.1) is 11.8 Å². The van der Waals surface area contributed by atoms with E-state index < -0.39 is 0 Å². The number of carbonyl (C=O) groups excluding carboxylic acids is 1. The highest BCUT2D eigenvalue weighted by Crippen LogP contribution is 2.35. The van der Waals surface area contributed by atoms with Crippen LogP contribution in [0.15, 0.2) is 29.2 Å². The van der Waals surface area contributed by atoms with Crippen LogP contribution < -0.4 is 10.2 Å². The van der Waals surface area contributed by atoms with Gasteiger partial charge in [-0.25, -0.2) is 4.98 Å². The van der Waals surface area contributed by atoms with Crippen molar-refractivity contribution in [3.63, 3.8) is 0 Å². The average Bonchev–Trinajstić information content (AvgIpc) is 3.25. The summed E-state index contributed by atoms with van der Waals surface area (Å²) >= 11 is 3.46. The van der Waals surface area contributed by atoms with Gasteiger partial charge in [0, 0.05) is 36.8 Å². The second kappa shape index (κ2) is 7.52. The van der Waals surface area contributed by atoms with Gasteiger partial charge in [0.25, 0.3) is 5.91 Å². The van der Waals surface area contributed by atoms with Crippen molar-refractivity contribution in [2.45, 2.75) is 30.7 Å². The maximum Gasteiger partial charge on any atom is 0.272 e. The molecule has 1 aromatic carbocycles. The molecule has 1 aliphatic heterocycles. The topological polar surface area (TPSA) is 63.1 Å². The van der Waals surface area contributed by atoms with Crippen molar-refractivity contribution in [1.82, 2.24) is 20.1 Å². The van der Waals surface area contributed by atoms with Crippen LogP contribution in [0.25, 0.3) is 10.2 Å². The number of thiazole rings is 1. The van der Waals surface area contributed by atoms with Gasteiger partial charge in [0.2, 0.25) is 0 Å². The van der Waals surface area contributed by atoms with Gasteiger partial charge in [0.15, 0.2) is 5.13 Å². The number of fused-ring (bicyclic) bond motifs is 1. The Labute approximate surface area is 167 Å². The average molecular weight is 402 g/mol. The van der Waals surface area contributed by atoms with Crippen LogP contribution in [0.3, 0.4) is 0 Å². The number of nitrogens with zero attached hydrogens (tertiary/aromatic N) is 4. The van der Waals surface area contributed by atoms with Gasteiger partial charge in [0.1, 0.15) is 5.69 Å². The predicted molar refractivity (Wildman–Crippen MR) is 112 cm³/mol. The predicted octanol–water partition coefficient (Wildman–Crippen LogP) is 3.46. The Morgan fingerprint density at radius 1 is 1.41 bits per heavy atom. The quantitative estimate of drug-likeness (QED) is 0.679. The number of benzene rings is 1. The molecule has 6 nitrogen and oxygen atoms in total. The van der Waals surface area contributed by atoms with E-state index in [1.165, 1.54) is 9.60 Å². The van der Waals surface area contributed by atoms with E-state index >= 15 is 0 Å². The van der Waals surface area contributed by atoms with Crippen molar-refractivity contribution in [1.29, 1.82) is 0 Å². The number of aryl methyl sites for hydroxylation is 2. The maximum atomic E-state index is 12.5. The molecule has 1 unspecified atom stereocenters. The van der Waals surface area contributed by atoms with E-state index in [1.807, 2.05) is 20.0 Å². The molecule has 1 saturated heterocycles. The van der Waals surface area contributed by atoms with Gasteiger partial charge in [-0.1, -0.05) is 17.4 Å². The van der Waals surface area contributed by atoms with Crippen LogP contribution in [0.4, 0.5) is 5.13 Å². The van der Waals surface area contributed by atoms with Gasteiger partial charge in [-0.3, -0.25) is 9.48 Å². The number of piperidine rings is 1. The number of amides is 1. The molecule has 1 atom stereocenters. The van der Waals surface area contributed by atoms with Crippen LogP contribution in [0.2, 0.25) is 0 Å². The molecule has 8 heteroatoms. The first kappa shape index (κ1) is 18.3. The molecule has 0 saturated carbocycles. The van der Waals surface area contributed by atoms with E-state index in [9.17, 15) is 4.79 Å². The number of nitrogens with one attached hydrogen (secondary N) is 1. The summed E-state index contributed by atoms with van der Waals surface area (Å²) in [4.78, 5) is 20.9. The summed E-state index contributed by atoms with van der Waals surface area (Å²) in [5.41, 5.74) is 2.54. The lowest BCUT2D eigenvalue weighted by Gasteiger charge is -2.32. The van der Waals surface area contributed by atoms with E-state index in [0.29, 0.717) is 5.69 Å². The molecular formula is C19H23N5OS2. The van der Waals surface area contributed by atoms with Crippen molar-refractivity contribution in [3.8, 4) is 0 Å². The van der Waals surface area contributed by atoms with Gasteiger partial charge >= 0.3 is 0 Å². The summed E-state index contributed by atoms with van der Waals surface area (Å²) in [6, 6.07) is 8.27. The number of thioether (sulfide) groups is 1. The summed E-state index contributed by atoms with van der Waals surface area (Å²) in [5.74, 6) is -0.0977. The van der Waals surface area contributed by atoms with Crippen LogP contribution in [-0.4, -0.2) is 46.1 Å². The molecule has 1 N–H and O–H groups in total. The van der Waals surface area contributed by atoms with E-state index in [4.69, 9.17) is 4.98 Å². The fourth-order valence-electron chi connectivity index (χ4n) is 3.41. The molecule has 142 valence electrons. The van der Waals surface area contributed by atoms with Gasteiger partial charge in [-0.05, 0) is 44.2 Å². The fraction of sp³-hybridized carbons (Fsp3) is 0.421. The number of carbonyl (C=O) groups is 1. The summed E-state index contributed by atoms with van der Waals surface area (Å²) < 4.78 is 2.94. The van der Waals surface area contributed by atoms with Crippen LogP contribution >= 0.6 is 23.1 Å². The van der Waals surface area contributed by atoms with Crippen LogP contribution in [0, 0.1) is 6.92 Å². The number of rotatable bonds is 4. The molecule has 0 aliphatic carbocycles. The minimum Gasteiger partial charge on any atom is -0.346 e. The highest BCUT2D eigenvalue weighted by Gasteiger charge is 2.25. The Morgan fingerprint density at radius 3 is 3.00 bits per heavy atom. The Kier molecular flexibility index (Phi) is 5.10. The van der Waals surface area contributed by atoms with E-state index in [2.05, 4.69) is 39.8 Å². The molecule has 27 heavy (non-hydrogen) atoms. The van der Waals surface area contributed by atoms with Crippen LogP contribution in [0.1, 0.15) is 29.0 Å². The normalized spacial score (nSPS) is 17.4. The monoisotopic (exact) mass is 401 g/mol. The zero-order valence-corrected chi connectivity index (χ0v) is 17.4. The molecule has 1 amide bonds. The lowest BCUT2D eigenvalue weighted by molar-refractivity contribution is 0.0927. The summed E-state index contributed by atoms with van der Waals surface area (Å²) in [7, 11) is 1.85. The third kappa shape index (κ3) is 3.68. The summed E-state index contributed by atoms with van der Waals surface area (Å²) in [6.07, 6.45) is 4.10. The zero-order valence-electron chi connectivity index (χ0n) is 15.7. The molecule has 0 bridgehead atoms. The van der Waals surface area contributed by atoms with Gasteiger partial charge in [0.05, 0.1) is 10.2 Å². The minimum atomic E-state index is -0.0977. The highest BCUT2D eigenvalue weighted by molar-refractivity contribution is 7.98. The van der Waals surface area contributed by atoms with Gasteiger partial charge < -0.3 is 10.2 Å². The standard InChI is InChI=1S/C19H23N5OS2/c1-12-10-14(22-23(12)2)18(25)20-13-6-5-9-24(11-13)19-21-17-15(26-3)7-4-8-16(17)27-19/h4,7-8,10,13H,5-6,9,11H2,1-3H3,(H,20,25). The minimum absolute atomic E-state index is 0.0977. The number of hydrogen-bond acceptors (Lipinski definition) is 6. The zero-order chi connectivity index (χ0) is 19.0. The third-order valence-electron chi connectivity index (χ3n) is 4.96. The SMILES string of the molecule is CSc1cccc2sc(N3CCCC(NC(=O)c4cc(C)n(C)n4)C3)nc12. The molecule has 0 spiro atoms. The van der Waals surface area contributed by atoms with Crippen molar-refractivity contribution in [3.05, 3.63) is 35.7 Å². The summed E-state index contributed by atoms with van der Waals surface area (Å²) in [6.45, 7) is 3.71. The lowest BCUT2D eigenvalue weighted by Crippen LogP contribution is -2.47. The molecule has 3 heterocycles. The van der Waals surface area contributed by atoms with E-state index in [1.54, 1.807) is 27.8 Å². The first-order valence-electron chi connectivity index (χ1n) is 9.05. The molecule has 2 aromatic heterocycles. The first-order valence-corrected chi connectivity index (χ1v) is 11.1. The fourth-order valence-corrected chi connectivity index (χ4v) is 5.07. The molecular weight excluding hydrogens is 378 g/mol. The smallest absolute Gasteiger partial charge is 0.272 e. The highest BCUT2D eigenvalue weighted by atomic mass is 32.2. The molecule has 3 aromatic rings. The molecule has 1 aliphatic rings. The Balaban J connectivity index is 1.49. The summed E-state index contributed by atoms with van der Waals surface area (Å²) in [5, 5.41) is 8.47. The van der Waals surface area contributed by atoms with E-state index in [-0.39, 0.29) is 11.9 Å². The van der Waals surface area contributed by atoms with Crippen molar-refractivity contribution < 1.29 is 4.79 Å². The number of aromatic nitrogens is 3. The van der Waals surface area contributed by atoms with Crippen LogP contribution in [0.5, 0.6) is 0 Å². The Bertz CT molecular complexity index is 960. The molecule has 0 radical (unpaired) electrons. The van der Waals surface area contributed by atoms with Crippen molar-refractivity contribution >= 4 is 44.4 Å². The van der Waals surface area contributed by atoms with Gasteiger partial charge in [-0.2, -0.15) is 5.10 Å². The van der Waals surface area contributed by atoms with Crippen molar-refractivity contribution in [2.75, 3.05) is 24.2 Å². The number of hydrogen-bond donors (Lipinski definition) is 1. The molecule has 4 rings (SSSR count). The number of anilines is 1. The number of para-hydroxylation sites is 1. The third-order valence-corrected chi connectivity index (χ3v) is 6.81. The second-order valence-electron chi connectivity index (χ2n) is 6.86. The van der Waals surface area contributed by atoms with E-state index in [0.717, 1.165) is 42.3 Å². The lowest BCUT2D eigenvalue weighted by atomic mass is 10.1. The molecule has 1 fully saturated rings. The van der Waals surface area contributed by atoms with Crippen molar-refractivity contribution in [2.24, 2.45) is 7.05 Å².